The van der Waals surface area contributed by atoms with Gasteiger partial charge in [-0.1, -0.05) is 17.7 Å². The van der Waals surface area contributed by atoms with E-state index < -0.39 is 0 Å². The maximum absolute atomic E-state index is 8.85. The Morgan fingerprint density at radius 2 is 2.33 bits per heavy atom. The number of aliphatic hydroxyl groups is 1. The van der Waals surface area contributed by atoms with Gasteiger partial charge in [0.2, 0.25) is 0 Å². The highest BCUT2D eigenvalue weighted by molar-refractivity contribution is 7.22. The van der Waals surface area contributed by atoms with E-state index in [1.165, 1.54) is 11.3 Å². The zero-order chi connectivity index (χ0) is 8.55. The Morgan fingerprint density at radius 1 is 1.50 bits per heavy atom. The molecule has 0 aliphatic heterocycles. The molecule has 1 heterocycles. The van der Waals surface area contributed by atoms with Gasteiger partial charge in [0.15, 0.2) is 4.47 Å². The van der Waals surface area contributed by atoms with Crippen molar-refractivity contribution in [3.05, 3.63) is 28.2 Å². The van der Waals surface area contributed by atoms with Crippen LogP contribution < -0.4 is 0 Å². The molecule has 0 saturated heterocycles. The average Bonchev–Trinajstić information content (AvgIpc) is 2.43. The zero-order valence-corrected chi connectivity index (χ0v) is 7.69. The van der Waals surface area contributed by atoms with Crippen LogP contribution in [0.5, 0.6) is 0 Å². The predicted molar refractivity (Wildman–Crippen MR) is 50.6 cm³/mol. The van der Waals surface area contributed by atoms with E-state index in [0.29, 0.717) is 4.47 Å². The Balaban J connectivity index is 2.66. The third-order valence-electron chi connectivity index (χ3n) is 1.61. The van der Waals surface area contributed by atoms with Gasteiger partial charge < -0.3 is 5.11 Å². The van der Waals surface area contributed by atoms with Gasteiger partial charge in [-0.05, 0) is 17.7 Å². The van der Waals surface area contributed by atoms with Crippen LogP contribution in [0.1, 0.15) is 5.56 Å². The van der Waals surface area contributed by atoms with E-state index >= 15 is 0 Å². The van der Waals surface area contributed by atoms with Crippen molar-refractivity contribution in [1.29, 1.82) is 0 Å². The van der Waals surface area contributed by atoms with Crippen LogP contribution in [0.3, 0.4) is 0 Å². The van der Waals surface area contributed by atoms with Crippen LogP contribution in [-0.4, -0.2) is 10.1 Å². The predicted octanol–water partition coefficient (Wildman–Crippen LogP) is 2.44. The molecule has 1 N–H and O–H groups in total. The van der Waals surface area contributed by atoms with Gasteiger partial charge in [-0.15, -0.1) is 11.3 Å². The average molecular weight is 200 g/mol. The number of fused-ring (bicyclic) bond motifs is 1. The lowest BCUT2D eigenvalue weighted by Crippen LogP contribution is -1.80. The molecule has 0 saturated carbocycles. The summed E-state index contributed by atoms with van der Waals surface area (Å²) < 4.78 is 1.59. The lowest BCUT2D eigenvalue weighted by Gasteiger charge is -1.92. The molecular formula is C8H6ClNOS. The van der Waals surface area contributed by atoms with Crippen molar-refractivity contribution in [3.63, 3.8) is 0 Å². The van der Waals surface area contributed by atoms with E-state index in [0.717, 1.165) is 15.8 Å². The molecule has 62 valence electrons. The molecule has 0 unspecified atom stereocenters. The first kappa shape index (κ1) is 7.98. The number of hydrogen-bond acceptors (Lipinski definition) is 3. The van der Waals surface area contributed by atoms with Crippen LogP contribution in [0.4, 0.5) is 0 Å². The van der Waals surface area contributed by atoms with Crippen molar-refractivity contribution in [3.8, 4) is 0 Å². The highest BCUT2D eigenvalue weighted by Crippen LogP contribution is 2.25. The number of hydrogen-bond donors (Lipinski definition) is 1. The molecule has 1 aromatic heterocycles. The number of aliphatic hydroxyl groups excluding tert-OH is 1. The monoisotopic (exact) mass is 199 g/mol. The summed E-state index contributed by atoms with van der Waals surface area (Å²) in [4.78, 5) is 4.09. The number of aromatic nitrogens is 1. The van der Waals surface area contributed by atoms with Gasteiger partial charge in [0, 0.05) is 0 Å². The van der Waals surface area contributed by atoms with Crippen LogP contribution in [0, 0.1) is 0 Å². The summed E-state index contributed by atoms with van der Waals surface area (Å²) in [7, 11) is 0. The molecule has 1 aromatic carbocycles. The first-order chi connectivity index (χ1) is 5.79. The number of nitrogens with zero attached hydrogens (tertiary/aromatic N) is 1. The van der Waals surface area contributed by atoms with Crippen LogP contribution in [-0.2, 0) is 6.61 Å². The second-order valence-electron chi connectivity index (χ2n) is 2.43. The summed E-state index contributed by atoms with van der Waals surface area (Å²) in [6.07, 6.45) is 0. The van der Waals surface area contributed by atoms with Crippen LogP contribution in [0.2, 0.25) is 4.47 Å². The Morgan fingerprint density at radius 3 is 3.08 bits per heavy atom. The molecule has 0 fully saturated rings. The van der Waals surface area contributed by atoms with Crippen molar-refractivity contribution in [2.24, 2.45) is 0 Å². The van der Waals surface area contributed by atoms with E-state index in [9.17, 15) is 0 Å². The number of benzene rings is 1. The van der Waals surface area contributed by atoms with Crippen molar-refractivity contribution < 1.29 is 5.11 Å². The second-order valence-corrected chi connectivity index (χ2v) is 4.04. The van der Waals surface area contributed by atoms with Gasteiger partial charge in [-0.2, -0.15) is 0 Å². The highest BCUT2D eigenvalue weighted by atomic mass is 35.5. The Labute approximate surface area is 78.4 Å². The molecule has 2 aromatic rings. The summed E-state index contributed by atoms with van der Waals surface area (Å²) in [5, 5.41) is 8.85. The molecule has 0 amide bonds. The van der Waals surface area contributed by atoms with E-state index in [1.54, 1.807) is 0 Å². The fourth-order valence-electron chi connectivity index (χ4n) is 1.04. The Hall–Kier alpha value is -0.640. The van der Waals surface area contributed by atoms with Crippen LogP contribution in [0.15, 0.2) is 18.2 Å². The fourth-order valence-corrected chi connectivity index (χ4v) is 2.05. The third-order valence-corrected chi connectivity index (χ3v) is 2.75. The molecule has 4 heteroatoms. The summed E-state index contributed by atoms with van der Waals surface area (Å²) in [5.74, 6) is 0. The number of thiazole rings is 1. The van der Waals surface area contributed by atoms with E-state index in [-0.39, 0.29) is 6.61 Å². The smallest absolute Gasteiger partial charge is 0.184 e. The minimum Gasteiger partial charge on any atom is -0.392 e. The lowest BCUT2D eigenvalue weighted by molar-refractivity contribution is 0.282. The minimum absolute atomic E-state index is 0.0467. The Kier molecular flexibility index (Phi) is 2.00. The summed E-state index contributed by atoms with van der Waals surface area (Å²) in [6, 6.07) is 5.64. The van der Waals surface area contributed by atoms with Crippen molar-refractivity contribution in [1.82, 2.24) is 4.98 Å². The van der Waals surface area contributed by atoms with E-state index in [4.69, 9.17) is 16.7 Å². The molecule has 0 aliphatic rings. The van der Waals surface area contributed by atoms with Crippen LogP contribution >= 0.6 is 22.9 Å². The molecule has 2 nitrogen and oxygen atoms in total. The maximum Gasteiger partial charge on any atom is 0.184 e. The first-order valence-corrected chi connectivity index (χ1v) is 4.65. The van der Waals surface area contributed by atoms with E-state index in [2.05, 4.69) is 4.98 Å². The molecule has 2 rings (SSSR count). The molecule has 12 heavy (non-hydrogen) atoms. The van der Waals surface area contributed by atoms with Gasteiger partial charge in [0.1, 0.15) is 0 Å². The first-order valence-electron chi connectivity index (χ1n) is 3.45. The molecule has 0 atom stereocenters. The van der Waals surface area contributed by atoms with Crippen LogP contribution in [0.25, 0.3) is 10.2 Å². The Bertz CT molecular complexity index is 412. The fraction of sp³-hybridized carbons (Fsp3) is 0.125. The standard InChI is InChI=1S/C8H6ClNOS/c9-8-10-6-3-5(4-11)1-2-7(6)12-8/h1-3,11H,4H2. The number of halogens is 1. The molecule has 0 radical (unpaired) electrons. The summed E-state index contributed by atoms with van der Waals surface area (Å²) in [6.45, 7) is 0.0467. The maximum atomic E-state index is 8.85. The quantitative estimate of drug-likeness (QED) is 0.766. The topological polar surface area (TPSA) is 33.1 Å². The van der Waals surface area contributed by atoms with Crippen molar-refractivity contribution in [2.45, 2.75) is 6.61 Å². The van der Waals surface area contributed by atoms with Gasteiger partial charge in [-0.25, -0.2) is 4.98 Å². The van der Waals surface area contributed by atoms with Crippen molar-refractivity contribution in [2.75, 3.05) is 0 Å². The van der Waals surface area contributed by atoms with Gasteiger partial charge >= 0.3 is 0 Å². The summed E-state index contributed by atoms with van der Waals surface area (Å²) >= 11 is 7.17. The normalized spacial score (nSPS) is 10.8. The highest BCUT2D eigenvalue weighted by Gasteiger charge is 2.01. The second kappa shape index (κ2) is 3.01. The van der Waals surface area contributed by atoms with Gasteiger partial charge in [0.05, 0.1) is 16.8 Å². The third kappa shape index (κ3) is 1.31. The van der Waals surface area contributed by atoms with Gasteiger partial charge in [0.25, 0.3) is 0 Å². The molecule has 0 aliphatic carbocycles. The van der Waals surface area contributed by atoms with E-state index in [1.807, 2.05) is 18.2 Å². The largest absolute Gasteiger partial charge is 0.392 e. The lowest BCUT2D eigenvalue weighted by atomic mass is 10.2. The molecular weight excluding hydrogens is 194 g/mol. The zero-order valence-electron chi connectivity index (χ0n) is 6.12. The molecule has 0 bridgehead atoms. The SMILES string of the molecule is OCc1ccc2sc(Cl)nc2c1. The summed E-state index contributed by atoms with van der Waals surface area (Å²) in [5.41, 5.74) is 1.72. The minimum atomic E-state index is 0.0467. The molecule has 0 spiro atoms. The van der Waals surface area contributed by atoms with Gasteiger partial charge in [-0.3, -0.25) is 0 Å². The number of rotatable bonds is 1. The van der Waals surface area contributed by atoms with Crippen molar-refractivity contribution >= 4 is 33.2 Å².